The van der Waals surface area contributed by atoms with Crippen LogP contribution in [0.1, 0.15) is 44.1 Å². The lowest BCUT2D eigenvalue weighted by molar-refractivity contribution is -0.142. The van der Waals surface area contributed by atoms with Crippen molar-refractivity contribution < 1.29 is 5.11 Å². The average molecular weight is 333 g/mol. The van der Waals surface area contributed by atoms with Crippen LogP contribution in [0.4, 0.5) is 0 Å². The van der Waals surface area contributed by atoms with E-state index in [0.717, 1.165) is 37.6 Å². The summed E-state index contributed by atoms with van der Waals surface area (Å²) in [5, 5.41) is 14.8. The molecular weight excluding hydrogens is 306 g/mol. The van der Waals surface area contributed by atoms with Crippen LogP contribution in [0.5, 0.6) is 0 Å². The molecule has 0 heterocycles. The van der Waals surface area contributed by atoms with Crippen LogP contribution >= 0.6 is 0 Å². The highest BCUT2D eigenvalue weighted by atomic mass is 16.3. The molecule has 130 valence electrons. The maximum absolute atomic E-state index is 10.9. The Kier molecular flexibility index (Phi) is 3.55. The van der Waals surface area contributed by atoms with Crippen molar-refractivity contribution in [2.75, 3.05) is 0 Å². The molecule has 4 aliphatic rings. The van der Waals surface area contributed by atoms with Gasteiger partial charge in [0.05, 0.1) is 5.60 Å². The van der Waals surface area contributed by atoms with Gasteiger partial charge in [0.25, 0.3) is 0 Å². The molecule has 0 radical (unpaired) electrons. The normalized spacial score (nSPS) is 35.9. The van der Waals surface area contributed by atoms with Gasteiger partial charge in [-0.3, -0.25) is 0 Å². The van der Waals surface area contributed by atoms with E-state index in [9.17, 15) is 5.11 Å². The SMILES string of the molecule is OC12CC3CC(C1)CC(NCc1ccc(-c4ccccc4)cc1)(C3)C2. The average Bonchev–Trinajstić information content (AvgIpc) is 2.59. The first kappa shape index (κ1) is 15.6. The van der Waals surface area contributed by atoms with E-state index in [4.69, 9.17) is 0 Å². The molecule has 0 aliphatic heterocycles. The monoisotopic (exact) mass is 333 g/mol. The van der Waals surface area contributed by atoms with Gasteiger partial charge in [-0.15, -0.1) is 0 Å². The van der Waals surface area contributed by atoms with Crippen molar-refractivity contribution >= 4 is 0 Å². The van der Waals surface area contributed by atoms with E-state index >= 15 is 0 Å². The number of hydrogen-bond acceptors (Lipinski definition) is 2. The second-order valence-electron chi connectivity index (χ2n) is 8.88. The number of rotatable bonds is 4. The second-order valence-corrected chi connectivity index (χ2v) is 8.88. The van der Waals surface area contributed by atoms with Gasteiger partial charge < -0.3 is 10.4 Å². The summed E-state index contributed by atoms with van der Waals surface area (Å²) in [4.78, 5) is 0. The van der Waals surface area contributed by atoms with Crippen molar-refractivity contribution in [1.82, 2.24) is 5.32 Å². The number of benzene rings is 2. The molecule has 4 bridgehead atoms. The lowest BCUT2D eigenvalue weighted by atomic mass is 9.51. The third-order valence-electron chi connectivity index (χ3n) is 6.76. The van der Waals surface area contributed by atoms with Crippen LogP contribution in [0, 0.1) is 11.8 Å². The molecule has 6 rings (SSSR count). The van der Waals surface area contributed by atoms with Gasteiger partial charge >= 0.3 is 0 Å². The first-order chi connectivity index (χ1) is 12.1. The quantitative estimate of drug-likeness (QED) is 0.862. The van der Waals surface area contributed by atoms with E-state index in [1.54, 1.807) is 0 Å². The Morgan fingerprint density at radius 1 is 0.840 bits per heavy atom. The Labute approximate surface area is 150 Å². The topological polar surface area (TPSA) is 32.3 Å². The summed E-state index contributed by atoms with van der Waals surface area (Å²) in [6.07, 6.45) is 6.89. The van der Waals surface area contributed by atoms with Gasteiger partial charge in [0, 0.05) is 12.1 Å². The van der Waals surface area contributed by atoms with Crippen molar-refractivity contribution in [3.63, 3.8) is 0 Å². The van der Waals surface area contributed by atoms with Crippen molar-refractivity contribution in [3.8, 4) is 11.1 Å². The smallest absolute Gasteiger partial charge is 0.0670 e. The molecule has 2 N–H and O–H groups in total. The first-order valence-corrected chi connectivity index (χ1v) is 9.73. The van der Waals surface area contributed by atoms with E-state index in [0.29, 0.717) is 0 Å². The number of aliphatic hydroxyl groups is 1. The highest BCUT2D eigenvalue weighted by Crippen LogP contribution is 2.57. The summed E-state index contributed by atoms with van der Waals surface area (Å²) in [7, 11) is 0. The van der Waals surface area contributed by atoms with Crippen molar-refractivity contribution in [2.45, 2.75) is 56.2 Å². The Bertz CT molecular complexity index is 737. The van der Waals surface area contributed by atoms with Gasteiger partial charge in [0.15, 0.2) is 0 Å². The van der Waals surface area contributed by atoms with Gasteiger partial charge in [0.1, 0.15) is 0 Å². The zero-order valence-corrected chi connectivity index (χ0v) is 14.7. The number of nitrogens with one attached hydrogen (secondary N) is 1. The molecule has 2 aromatic carbocycles. The Hall–Kier alpha value is -1.64. The molecule has 4 aliphatic carbocycles. The summed E-state index contributed by atoms with van der Waals surface area (Å²) >= 11 is 0. The highest BCUT2D eigenvalue weighted by Gasteiger charge is 2.56. The van der Waals surface area contributed by atoms with Gasteiger partial charge in [0.2, 0.25) is 0 Å². The highest BCUT2D eigenvalue weighted by molar-refractivity contribution is 5.63. The van der Waals surface area contributed by atoms with Crippen LogP contribution in [-0.2, 0) is 6.54 Å². The van der Waals surface area contributed by atoms with Crippen molar-refractivity contribution in [3.05, 3.63) is 60.2 Å². The number of hydrogen-bond donors (Lipinski definition) is 2. The van der Waals surface area contributed by atoms with E-state index < -0.39 is 0 Å². The van der Waals surface area contributed by atoms with Crippen LogP contribution in [-0.4, -0.2) is 16.2 Å². The van der Waals surface area contributed by atoms with Gasteiger partial charge in [-0.1, -0.05) is 54.6 Å². The first-order valence-electron chi connectivity index (χ1n) is 9.73. The van der Waals surface area contributed by atoms with Gasteiger partial charge in [-0.05, 0) is 67.1 Å². The predicted molar refractivity (Wildman–Crippen MR) is 101 cm³/mol. The minimum absolute atomic E-state index is 0.178. The minimum Gasteiger partial charge on any atom is -0.390 e. The lowest BCUT2D eigenvalue weighted by Gasteiger charge is -2.60. The minimum atomic E-state index is -0.381. The molecule has 25 heavy (non-hydrogen) atoms. The summed E-state index contributed by atoms with van der Waals surface area (Å²) in [6.45, 7) is 0.907. The van der Waals surface area contributed by atoms with Crippen LogP contribution < -0.4 is 5.32 Å². The van der Waals surface area contributed by atoms with E-state index in [1.807, 2.05) is 0 Å². The molecule has 4 saturated carbocycles. The molecule has 2 nitrogen and oxygen atoms in total. The molecule has 4 fully saturated rings. The summed E-state index contributed by atoms with van der Waals surface area (Å²) in [5.41, 5.74) is 3.67. The van der Waals surface area contributed by atoms with E-state index in [-0.39, 0.29) is 11.1 Å². The fourth-order valence-electron chi connectivity index (χ4n) is 6.16. The molecule has 2 aromatic rings. The van der Waals surface area contributed by atoms with Crippen LogP contribution in [0.15, 0.2) is 54.6 Å². The summed E-state index contributed by atoms with van der Waals surface area (Å²) < 4.78 is 0. The predicted octanol–water partition coefficient (Wildman–Crippen LogP) is 4.53. The second kappa shape index (κ2) is 5.69. The van der Waals surface area contributed by atoms with Crippen LogP contribution in [0.3, 0.4) is 0 Å². The molecular formula is C23H27NO. The van der Waals surface area contributed by atoms with Crippen molar-refractivity contribution in [1.29, 1.82) is 0 Å². The van der Waals surface area contributed by atoms with Crippen molar-refractivity contribution in [2.24, 2.45) is 11.8 Å². The molecule has 2 unspecified atom stereocenters. The molecule has 0 aromatic heterocycles. The summed E-state index contributed by atoms with van der Waals surface area (Å²) in [6, 6.07) is 19.5. The fourth-order valence-corrected chi connectivity index (χ4v) is 6.16. The zero-order chi connectivity index (χ0) is 16.9. The standard InChI is InChI=1S/C23H27NO/c25-23-13-18-10-19(14-23)12-22(11-18,16-23)24-15-17-6-8-21(9-7-17)20-4-2-1-3-5-20/h1-9,18-19,24-25H,10-16H2. The molecule has 0 spiro atoms. The molecule has 0 saturated heterocycles. The summed E-state index contributed by atoms with van der Waals surface area (Å²) in [5.74, 6) is 1.47. The maximum Gasteiger partial charge on any atom is 0.0670 e. The maximum atomic E-state index is 10.9. The third-order valence-corrected chi connectivity index (χ3v) is 6.76. The zero-order valence-electron chi connectivity index (χ0n) is 14.7. The van der Waals surface area contributed by atoms with E-state index in [2.05, 4.69) is 59.9 Å². The fraction of sp³-hybridized carbons (Fsp3) is 0.478. The van der Waals surface area contributed by atoms with Gasteiger partial charge in [-0.2, -0.15) is 0 Å². The Morgan fingerprint density at radius 2 is 1.48 bits per heavy atom. The lowest BCUT2D eigenvalue weighted by Crippen LogP contribution is -2.64. The molecule has 2 atom stereocenters. The van der Waals surface area contributed by atoms with E-state index in [1.165, 1.54) is 36.0 Å². The van der Waals surface area contributed by atoms with Gasteiger partial charge in [-0.25, -0.2) is 0 Å². The van der Waals surface area contributed by atoms with Crippen LogP contribution in [0.2, 0.25) is 0 Å². The Morgan fingerprint density at radius 3 is 2.12 bits per heavy atom. The molecule has 0 amide bonds. The third kappa shape index (κ3) is 2.92. The van der Waals surface area contributed by atoms with Crippen LogP contribution in [0.25, 0.3) is 11.1 Å². The molecule has 2 heteroatoms. The Balaban J connectivity index is 1.29. The largest absolute Gasteiger partial charge is 0.390 e.